The fourth-order valence-corrected chi connectivity index (χ4v) is 11.2. The van der Waals surface area contributed by atoms with Crippen molar-refractivity contribution < 1.29 is 37.1 Å². The summed E-state index contributed by atoms with van der Waals surface area (Å²) >= 11 is 3.48. The molecule has 4 N–H and O–H groups in total. The van der Waals surface area contributed by atoms with Crippen LogP contribution >= 0.6 is 15.9 Å². The Labute approximate surface area is 353 Å². The van der Waals surface area contributed by atoms with E-state index in [1.54, 1.807) is 26.0 Å². The summed E-state index contributed by atoms with van der Waals surface area (Å²) in [6.07, 6.45) is 12.1. The second-order valence-electron chi connectivity index (χ2n) is 17.0. The zero-order valence-electron chi connectivity index (χ0n) is 33.8. The van der Waals surface area contributed by atoms with Crippen molar-refractivity contribution in [3.05, 3.63) is 63.3 Å². The van der Waals surface area contributed by atoms with Crippen LogP contribution < -0.4 is 25.5 Å². The molecule has 16 heteroatoms. The number of H-pyrrole nitrogens is 1. The first-order valence-electron chi connectivity index (χ1n) is 21.2. The predicted molar refractivity (Wildman–Crippen MR) is 226 cm³/mol. The number of hydrogen-bond acceptors (Lipinski definition) is 9. The molecule has 1 saturated heterocycles. The van der Waals surface area contributed by atoms with Gasteiger partial charge in [0.25, 0.3) is 5.91 Å². The molecule has 7 rings (SSSR count). The molecule has 2 bridgehead atoms. The largest absolute Gasteiger partial charge is 0.473 e. The van der Waals surface area contributed by atoms with Crippen molar-refractivity contribution in [1.29, 1.82) is 0 Å². The van der Waals surface area contributed by atoms with E-state index in [0.29, 0.717) is 42.1 Å². The number of carbonyl (C=O) groups excluding carboxylic acids is 4. The number of aromatic amines is 1. The molecule has 4 amide bonds. The van der Waals surface area contributed by atoms with Crippen molar-refractivity contribution in [1.82, 2.24) is 25.2 Å². The van der Waals surface area contributed by atoms with Crippen LogP contribution in [0.2, 0.25) is 0 Å². The molecule has 14 nitrogen and oxygen atoms in total. The lowest BCUT2D eigenvalue weighted by atomic mass is 9.81. The first kappa shape index (κ1) is 42.9. The number of pyridine rings is 1. The average molecular weight is 899 g/mol. The zero-order valence-corrected chi connectivity index (χ0v) is 36.2. The molecule has 2 aliphatic heterocycles. The van der Waals surface area contributed by atoms with E-state index >= 15 is 0 Å². The van der Waals surface area contributed by atoms with Crippen LogP contribution in [0.25, 0.3) is 10.9 Å². The molecule has 4 fully saturated rings. The first-order chi connectivity index (χ1) is 28.2. The molecule has 7 atom stereocenters. The molecule has 1 aromatic carbocycles. The summed E-state index contributed by atoms with van der Waals surface area (Å²) in [5.41, 5.74) is -0.989. The fraction of sp³-hybridized carbons (Fsp3) is 0.605. The van der Waals surface area contributed by atoms with Crippen LogP contribution in [0.15, 0.2) is 52.3 Å². The fourth-order valence-electron chi connectivity index (χ4n) is 9.51. The number of halogens is 1. The van der Waals surface area contributed by atoms with Gasteiger partial charge in [-0.2, -0.15) is 0 Å². The summed E-state index contributed by atoms with van der Waals surface area (Å²) in [6.45, 7) is 7.13. The number of rotatable bonds is 9. The topological polar surface area (TPSA) is 193 Å². The second-order valence-corrected chi connectivity index (χ2v) is 19.9. The van der Waals surface area contributed by atoms with Crippen LogP contribution in [0.1, 0.15) is 103 Å². The molecule has 2 aromatic rings. The molecule has 3 heterocycles. The number of alkyl carbamates (subject to hydrolysis) is 1. The summed E-state index contributed by atoms with van der Waals surface area (Å²) < 4.78 is 41.6. The summed E-state index contributed by atoms with van der Waals surface area (Å²) in [4.78, 5) is 76.2. The molecule has 0 radical (unpaired) electrons. The van der Waals surface area contributed by atoms with Crippen LogP contribution in [0, 0.1) is 17.8 Å². The molecule has 3 saturated carbocycles. The van der Waals surface area contributed by atoms with Crippen molar-refractivity contribution in [2.45, 2.75) is 139 Å². The van der Waals surface area contributed by atoms with Crippen LogP contribution in [0.5, 0.6) is 5.88 Å². The Bertz CT molecular complexity index is 2170. The SMILES string of the molecule is C=CC(C)C(CC)(NC(=O)C1CC2CN1C(=O)C(C1CCCC1)NC(=O)OC1CCCC1CCC=CCc1c([nH]c3ccc(Br)cc3c1=O)O2)C(=O)NS(=O)(=O)C1CC1. The van der Waals surface area contributed by atoms with E-state index in [-0.39, 0.29) is 55.1 Å². The van der Waals surface area contributed by atoms with Gasteiger partial charge in [0, 0.05) is 22.2 Å². The summed E-state index contributed by atoms with van der Waals surface area (Å²) in [7, 11) is -3.98. The van der Waals surface area contributed by atoms with Crippen molar-refractivity contribution in [3.8, 4) is 5.88 Å². The van der Waals surface area contributed by atoms with Crippen molar-refractivity contribution in [2.75, 3.05) is 6.54 Å². The second kappa shape index (κ2) is 17.8. The predicted octanol–water partition coefficient (Wildman–Crippen LogP) is 5.68. The van der Waals surface area contributed by atoms with Gasteiger partial charge in [0.05, 0.1) is 22.9 Å². The lowest BCUT2D eigenvalue weighted by Gasteiger charge is -2.38. The Kier molecular flexibility index (Phi) is 13.0. The summed E-state index contributed by atoms with van der Waals surface area (Å²) in [6, 6.07) is 3.16. The van der Waals surface area contributed by atoms with E-state index in [2.05, 4.69) is 42.8 Å². The quantitative estimate of drug-likeness (QED) is 0.229. The lowest BCUT2D eigenvalue weighted by Crippen LogP contribution is -2.65. The van der Waals surface area contributed by atoms with Crippen LogP contribution in [0.4, 0.5) is 4.79 Å². The smallest absolute Gasteiger partial charge is 0.408 e. The Morgan fingerprint density at radius 2 is 1.78 bits per heavy atom. The van der Waals surface area contributed by atoms with Gasteiger partial charge in [-0.1, -0.05) is 60.8 Å². The Balaban J connectivity index is 1.28. The number of carbonyl (C=O) groups is 4. The monoisotopic (exact) mass is 897 g/mol. The molecule has 320 valence electrons. The number of amides is 4. The van der Waals surface area contributed by atoms with E-state index in [1.807, 2.05) is 18.2 Å². The number of ether oxygens (including phenoxy) is 2. The Morgan fingerprint density at radius 3 is 2.49 bits per heavy atom. The Hall–Kier alpha value is -4.18. The standard InChI is InChI=1S/C43H56BrN5O9S/c1-4-25(3)43(5-2,41(53)48-59(55,56)30-19-20-30)47-38(51)34-23-29-24-49(34)40(52)36(27-13-9-10-14-27)46-42(54)58-35-17-11-15-26(35)12-7-6-8-16-31-37(50)32-22-28(44)18-21-33(32)45-39(31)57-29/h4,6,8,18,21-22,25-27,29-30,34-36H,1,5,7,9-17,19-20,23-24H2,2-3H3,(H,45,50)(H,46,54)(H,47,51)(H,48,53). The van der Waals surface area contributed by atoms with E-state index < -0.39 is 68.7 Å². The van der Waals surface area contributed by atoms with Gasteiger partial charge in [-0.05, 0) is 101 Å². The normalized spacial score (nSPS) is 27.2. The minimum atomic E-state index is -3.98. The van der Waals surface area contributed by atoms with Crippen molar-refractivity contribution in [2.24, 2.45) is 17.8 Å². The molecule has 5 aliphatic rings. The van der Waals surface area contributed by atoms with Crippen LogP contribution in [-0.2, 0) is 35.6 Å². The van der Waals surface area contributed by atoms with Gasteiger partial charge >= 0.3 is 6.09 Å². The van der Waals surface area contributed by atoms with Gasteiger partial charge in [0.15, 0.2) is 11.3 Å². The van der Waals surface area contributed by atoms with Crippen LogP contribution in [-0.4, -0.2) is 83.7 Å². The van der Waals surface area contributed by atoms with Gasteiger partial charge < -0.3 is 30.0 Å². The van der Waals surface area contributed by atoms with Crippen molar-refractivity contribution >= 4 is 60.7 Å². The highest BCUT2D eigenvalue weighted by Crippen LogP contribution is 2.36. The van der Waals surface area contributed by atoms with E-state index in [1.165, 1.54) is 11.0 Å². The molecule has 59 heavy (non-hydrogen) atoms. The van der Waals surface area contributed by atoms with Gasteiger partial charge in [-0.15, -0.1) is 6.58 Å². The van der Waals surface area contributed by atoms with Gasteiger partial charge in [0.2, 0.25) is 21.8 Å². The van der Waals surface area contributed by atoms with Gasteiger partial charge in [-0.25, -0.2) is 13.2 Å². The third-order valence-electron chi connectivity index (χ3n) is 13.2. The van der Waals surface area contributed by atoms with Crippen LogP contribution in [0.3, 0.4) is 0 Å². The molecular formula is C43H56BrN5O9S. The number of hydrogen-bond donors (Lipinski definition) is 4. The number of fused-ring (bicyclic) bond motifs is 5. The lowest BCUT2D eigenvalue weighted by molar-refractivity contribution is -0.143. The zero-order chi connectivity index (χ0) is 42.1. The molecule has 7 unspecified atom stereocenters. The van der Waals surface area contributed by atoms with Crippen molar-refractivity contribution in [3.63, 3.8) is 0 Å². The molecule has 0 spiro atoms. The Morgan fingerprint density at radius 1 is 1.03 bits per heavy atom. The van der Waals surface area contributed by atoms with E-state index in [9.17, 15) is 32.4 Å². The maximum atomic E-state index is 15.0. The molecule has 1 aromatic heterocycles. The molecule has 3 aliphatic carbocycles. The maximum absolute atomic E-state index is 15.0. The minimum Gasteiger partial charge on any atom is -0.473 e. The highest BCUT2D eigenvalue weighted by atomic mass is 79.9. The number of sulfonamides is 1. The minimum absolute atomic E-state index is 0.0180. The number of nitrogens with zero attached hydrogens (tertiary/aromatic N) is 1. The number of benzene rings is 1. The maximum Gasteiger partial charge on any atom is 0.408 e. The van der Waals surface area contributed by atoms with Gasteiger partial charge in [-0.3, -0.25) is 23.9 Å². The number of aromatic nitrogens is 1. The highest BCUT2D eigenvalue weighted by molar-refractivity contribution is 9.10. The average Bonchev–Trinajstić information content (AvgIpc) is 3.54. The summed E-state index contributed by atoms with van der Waals surface area (Å²) in [5, 5.41) is 5.62. The highest BCUT2D eigenvalue weighted by Gasteiger charge is 2.51. The summed E-state index contributed by atoms with van der Waals surface area (Å²) in [5.74, 6) is -2.60. The number of nitrogens with one attached hydrogen (secondary N) is 4. The molecular weight excluding hydrogens is 842 g/mol. The third-order valence-corrected chi connectivity index (χ3v) is 15.6. The van der Waals surface area contributed by atoms with E-state index in [0.717, 1.165) is 49.4 Å². The first-order valence-corrected chi connectivity index (χ1v) is 23.5. The van der Waals surface area contributed by atoms with Gasteiger partial charge in [0.1, 0.15) is 29.8 Å². The van der Waals surface area contributed by atoms with E-state index in [4.69, 9.17) is 9.47 Å². The third kappa shape index (κ3) is 9.13. The number of allylic oxidation sites excluding steroid dienone is 2.